The van der Waals surface area contributed by atoms with E-state index in [2.05, 4.69) is 5.32 Å². The van der Waals surface area contributed by atoms with Gasteiger partial charge in [0.25, 0.3) is 0 Å². The fourth-order valence-corrected chi connectivity index (χ4v) is 2.69. The fraction of sp³-hybridized carbons (Fsp3) is 0.529. The Kier molecular flexibility index (Phi) is 6.28. The van der Waals surface area contributed by atoms with Crippen LogP contribution < -0.4 is 14.8 Å². The normalized spacial score (nSPS) is 14.3. The van der Waals surface area contributed by atoms with Crippen molar-refractivity contribution in [2.45, 2.75) is 13.3 Å². The van der Waals surface area contributed by atoms with Gasteiger partial charge in [-0.3, -0.25) is 9.59 Å². The molecule has 1 N–H and O–H groups in total. The summed E-state index contributed by atoms with van der Waals surface area (Å²) in [6.07, 6.45) is 0.411. The van der Waals surface area contributed by atoms with Crippen LogP contribution in [-0.4, -0.2) is 68.6 Å². The van der Waals surface area contributed by atoms with Crippen LogP contribution in [0.5, 0.6) is 11.5 Å². The summed E-state index contributed by atoms with van der Waals surface area (Å²) in [6, 6.07) is 5.55. The first-order valence-corrected chi connectivity index (χ1v) is 8.04. The van der Waals surface area contributed by atoms with E-state index in [4.69, 9.17) is 9.47 Å². The molecule has 1 saturated heterocycles. The number of hydrogen-bond acceptors (Lipinski definition) is 5. The molecule has 0 spiro atoms. The first-order valence-electron chi connectivity index (χ1n) is 8.04. The minimum absolute atomic E-state index is 0.0669. The topological polar surface area (TPSA) is 71.1 Å². The van der Waals surface area contributed by atoms with Crippen molar-refractivity contribution in [1.29, 1.82) is 0 Å². The van der Waals surface area contributed by atoms with Crippen molar-refractivity contribution in [3.05, 3.63) is 18.2 Å². The SMILES string of the molecule is COc1ccc(NCCC(=O)N2CCN(C(C)=O)CC2)cc1OC. The van der Waals surface area contributed by atoms with Gasteiger partial charge in [-0.05, 0) is 12.1 Å². The van der Waals surface area contributed by atoms with Crippen molar-refractivity contribution in [1.82, 2.24) is 9.80 Å². The molecule has 1 aliphatic rings. The molecule has 0 atom stereocenters. The van der Waals surface area contributed by atoms with Gasteiger partial charge in [-0.25, -0.2) is 0 Å². The number of anilines is 1. The van der Waals surface area contributed by atoms with Crippen molar-refractivity contribution >= 4 is 17.5 Å². The highest BCUT2D eigenvalue weighted by molar-refractivity contribution is 5.78. The maximum atomic E-state index is 12.2. The van der Waals surface area contributed by atoms with Crippen LogP contribution in [0.2, 0.25) is 0 Å². The van der Waals surface area contributed by atoms with Crippen LogP contribution in [-0.2, 0) is 9.59 Å². The van der Waals surface area contributed by atoms with E-state index in [-0.39, 0.29) is 11.8 Å². The molecule has 24 heavy (non-hydrogen) atoms. The molecule has 1 aromatic rings. The summed E-state index contributed by atoms with van der Waals surface area (Å²) in [6.45, 7) is 4.55. The Balaban J connectivity index is 1.78. The van der Waals surface area contributed by atoms with Gasteiger partial charge in [-0.1, -0.05) is 0 Å². The van der Waals surface area contributed by atoms with E-state index in [9.17, 15) is 9.59 Å². The van der Waals surface area contributed by atoms with Crippen LogP contribution >= 0.6 is 0 Å². The van der Waals surface area contributed by atoms with Gasteiger partial charge in [-0.15, -0.1) is 0 Å². The quantitative estimate of drug-likeness (QED) is 0.846. The molecule has 1 fully saturated rings. The lowest BCUT2D eigenvalue weighted by Gasteiger charge is -2.34. The van der Waals surface area contributed by atoms with Crippen LogP contribution in [0.4, 0.5) is 5.69 Å². The van der Waals surface area contributed by atoms with Crippen LogP contribution in [0.25, 0.3) is 0 Å². The van der Waals surface area contributed by atoms with Gasteiger partial charge in [0.15, 0.2) is 11.5 Å². The predicted molar refractivity (Wildman–Crippen MR) is 91.5 cm³/mol. The Morgan fingerprint density at radius 1 is 1.04 bits per heavy atom. The number of carbonyl (C=O) groups is 2. The summed E-state index contributed by atoms with van der Waals surface area (Å²) in [5.74, 6) is 1.49. The van der Waals surface area contributed by atoms with E-state index >= 15 is 0 Å². The lowest BCUT2D eigenvalue weighted by molar-refractivity contribution is -0.138. The Bertz CT molecular complexity index is 583. The van der Waals surface area contributed by atoms with Gasteiger partial charge in [0.1, 0.15) is 0 Å². The number of benzene rings is 1. The summed E-state index contributed by atoms with van der Waals surface area (Å²) in [4.78, 5) is 27.1. The number of amides is 2. The van der Waals surface area contributed by atoms with E-state index < -0.39 is 0 Å². The zero-order valence-electron chi connectivity index (χ0n) is 14.5. The molecule has 1 aliphatic heterocycles. The largest absolute Gasteiger partial charge is 0.493 e. The molecule has 132 valence electrons. The second-order valence-corrected chi connectivity index (χ2v) is 5.63. The van der Waals surface area contributed by atoms with Gasteiger partial charge in [0, 0.05) is 57.8 Å². The molecule has 0 unspecified atom stereocenters. The second kappa shape index (κ2) is 8.42. The van der Waals surface area contributed by atoms with E-state index in [1.54, 1.807) is 26.0 Å². The highest BCUT2D eigenvalue weighted by Gasteiger charge is 2.21. The molecular weight excluding hydrogens is 310 g/mol. The molecule has 0 saturated carbocycles. The zero-order chi connectivity index (χ0) is 17.5. The standard InChI is InChI=1S/C17H25N3O4/c1-13(21)19-8-10-20(11-9-19)17(22)6-7-18-14-4-5-15(23-2)16(12-14)24-3/h4-5,12,18H,6-11H2,1-3H3. The van der Waals surface area contributed by atoms with Crippen LogP contribution in [0, 0.1) is 0 Å². The third-order valence-corrected chi connectivity index (χ3v) is 4.13. The molecule has 0 bridgehead atoms. The minimum Gasteiger partial charge on any atom is -0.493 e. The van der Waals surface area contributed by atoms with Crippen molar-refractivity contribution in [2.75, 3.05) is 52.3 Å². The highest BCUT2D eigenvalue weighted by atomic mass is 16.5. The third-order valence-electron chi connectivity index (χ3n) is 4.13. The fourth-order valence-electron chi connectivity index (χ4n) is 2.69. The van der Waals surface area contributed by atoms with Gasteiger partial charge in [0.2, 0.25) is 11.8 Å². The van der Waals surface area contributed by atoms with Crippen LogP contribution in [0.1, 0.15) is 13.3 Å². The number of nitrogens with one attached hydrogen (secondary N) is 1. The molecule has 0 radical (unpaired) electrons. The molecule has 1 aromatic carbocycles. The summed E-state index contributed by atoms with van der Waals surface area (Å²) in [5.41, 5.74) is 0.877. The molecule has 1 heterocycles. The first-order chi connectivity index (χ1) is 11.5. The van der Waals surface area contributed by atoms with Crippen molar-refractivity contribution in [3.8, 4) is 11.5 Å². The van der Waals surface area contributed by atoms with E-state index in [0.29, 0.717) is 50.6 Å². The molecule has 7 nitrogen and oxygen atoms in total. The van der Waals surface area contributed by atoms with Gasteiger partial charge in [-0.2, -0.15) is 0 Å². The van der Waals surface area contributed by atoms with Crippen molar-refractivity contribution < 1.29 is 19.1 Å². The minimum atomic E-state index is 0.0669. The van der Waals surface area contributed by atoms with E-state index in [0.717, 1.165) is 5.69 Å². The average Bonchev–Trinajstić information content (AvgIpc) is 2.61. The Morgan fingerprint density at radius 3 is 2.25 bits per heavy atom. The number of carbonyl (C=O) groups excluding carboxylic acids is 2. The number of nitrogens with zero attached hydrogens (tertiary/aromatic N) is 2. The number of methoxy groups -OCH3 is 2. The Labute approximate surface area is 142 Å². The van der Waals surface area contributed by atoms with Gasteiger partial charge < -0.3 is 24.6 Å². The zero-order valence-corrected chi connectivity index (χ0v) is 14.5. The van der Waals surface area contributed by atoms with E-state index in [1.165, 1.54) is 0 Å². The number of ether oxygens (including phenoxy) is 2. The summed E-state index contributed by atoms with van der Waals surface area (Å²) in [5, 5.41) is 3.22. The van der Waals surface area contributed by atoms with Crippen LogP contribution in [0.3, 0.4) is 0 Å². The second-order valence-electron chi connectivity index (χ2n) is 5.63. The monoisotopic (exact) mass is 335 g/mol. The smallest absolute Gasteiger partial charge is 0.224 e. The van der Waals surface area contributed by atoms with Crippen molar-refractivity contribution in [3.63, 3.8) is 0 Å². The molecule has 0 aromatic heterocycles. The maximum absolute atomic E-state index is 12.2. The van der Waals surface area contributed by atoms with Gasteiger partial charge in [0.05, 0.1) is 14.2 Å². The first kappa shape index (κ1) is 17.9. The Morgan fingerprint density at radius 2 is 1.67 bits per heavy atom. The Hall–Kier alpha value is -2.44. The lowest BCUT2D eigenvalue weighted by Crippen LogP contribution is -2.50. The van der Waals surface area contributed by atoms with E-state index in [1.807, 2.05) is 23.1 Å². The third kappa shape index (κ3) is 4.53. The number of rotatable bonds is 6. The van der Waals surface area contributed by atoms with Gasteiger partial charge >= 0.3 is 0 Å². The molecule has 2 amide bonds. The summed E-state index contributed by atoms with van der Waals surface area (Å²) < 4.78 is 10.5. The summed E-state index contributed by atoms with van der Waals surface area (Å²) >= 11 is 0. The molecule has 0 aliphatic carbocycles. The highest BCUT2D eigenvalue weighted by Crippen LogP contribution is 2.29. The predicted octanol–water partition coefficient (Wildman–Crippen LogP) is 1.20. The van der Waals surface area contributed by atoms with Crippen molar-refractivity contribution in [2.24, 2.45) is 0 Å². The average molecular weight is 335 g/mol. The molecule has 7 heteroatoms. The molecule has 2 rings (SSSR count). The summed E-state index contributed by atoms with van der Waals surface area (Å²) in [7, 11) is 3.18. The maximum Gasteiger partial charge on any atom is 0.224 e. The molecular formula is C17H25N3O4. The van der Waals surface area contributed by atoms with Crippen LogP contribution in [0.15, 0.2) is 18.2 Å². The number of piperazine rings is 1. The lowest BCUT2D eigenvalue weighted by atomic mass is 10.2. The number of hydrogen-bond donors (Lipinski definition) is 1.